The van der Waals surface area contributed by atoms with Crippen LogP contribution in [0.1, 0.15) is 17.4 Å². The van der Waals surface area contributed by atoms with E-state index in [0.717, 1.165) is 9.21 Å². The Morgan fingerprint density at radius 2 is 2.23 bits per heavy atom. The Labute approximate surface area is 138 Å². The van der Waals surface area contributed by atoms with Crippen molar-refractivity contribution in [1.82, 2.24) is 4.90 Å². The minimum Gasteiger partial charge on any atom is -0.325 e. The molecule has 0 spiro atoms. The second-order valence-electron chi connectivity index (χ2n) is 4.98. The molecule has 1 heterocycles. The third-order valence-corrected chi connectivity index (χ3v) is 4.55. The van der Waals surface area contributed by atoms with E-state index >= 15 is 0 Å². The highest BCUT2D eigenvalue weighted by Gasteiger charge is 2.19. The molecule has 2 rings (SSSR count). The van der Waals surface area contributed by atoms with Crippen LogP contribution in [0.25, 0.3) is 0 Å². The first-order valence-corrected chi connectivity index (χ1v) is 7.94. The Bertz CT molecular complexity index is 707. The zero-order valence-corrected chi connectivity index (χ0v) is 13.9. The van der Waals surface area contributed by atoms with Crippen LogP contribution in [-0.4, -0.2) is 23.9 Å². The van der Waals surface area contributed by atoms with Crippen LogP contribution in [0.15, 0.2) is 36.4 Å². The Morgan fingerprint density at radius 1 is 1.45 bits per heavy atom. The second kappa shape index (κ2) is 7.41. The van der Waals surface area contributed by atoms with Crippen molar-refractivity contribution in [2.24, 2.45) is 0 Å². The van der Waals surface area contributed by atoms with Crippen molar-refractivity contribution in [3.8, 4) is 6.07 Å². The zero-order chi connectivity index (χ0) is 16.1. The van der Waals surface area contributed by atoms with Crippen LogP contribution in [0.3, 0.4) is 0 Å². The van der Waals surface area contributed by atoms with E-state index < -0.39 is 0 Å². The molecule has 1 aromatic carbocycles. The number of halogens is 1. The molecule has 1 aromatic heterocycles. The highest BCUT2D eigenvalue weighted by molar-refractivity contribution is 7.16. The summed E-state index contributed by atoms with van der Waals surface area (Å²) in [5.41, 5.74) is 1.15. The number of anilines is 1. The Kier molecular flexibility index (Phi) is 5.56. The highest BCUT2D eigenvalue weighted by Crippen LogP contribution is 2.23. The molecule has 6 heteroatoms. The van der Waals surface area contributed by atoms with Crippen molar-refractivity contribution in [2.45, 2.75) is 19.5 Å². The molecule has 22 heavy (non-hydrogen) atoms. The fraction of sp³-hybridized carbons (Fsp3) is 0.250. The van der Waals surface area contributed by atoms with Gasteiger partial charge < -0.3 is 5.32 Å². The van der Waals surface area contributed by atoms with Gasteiger partial charge in [-0.2, -0.15) is 5.26 Å². The zero-order valence-electron chi connectivity index (χ0n) is 12.3. The van der Waals surface area contributed by atoms with E-state index in [1.165, 1.54) is 11.3 Å². The van der Waals surface area contributed by atoms with E-state index in [2.05, 4.69) is 11.4 Å². The number of carbonyl (C=O) groups is 1. The molecular weight excluding hydrogens is 318 g/mol. The van der Waals surface area contributed by atoms with Crippen molar-refractivity contribution in [3.63, 3.8) is 0 Å². The van der Waals surface area contributed by atoms with Crippen molar-refractivity contribution in [1.29, 1.82) is 5.26 Å². The maximum Gasteiger partial charge on any atom is 0.241 e. The smallest absolute Gasteiger partial charge is 0.241 e. The maximum atomic E-state index is 12.3. The molecule has 0 radical (unpaired) electrons. The van der Waals surface area contributed by atoms with Crippen molar-refractivity contribution in [2.75, 3.05) is 12.4 Å². The lowest BCUT2D eigenvalue weighted by molar-refractivity contribution is -0.120. The molecule has 1 amide bonds. The number of amides is 1. The molecule has 0 aliphatic carbocycles. The summed E-state index contributed by atoms with van der Waals surface area (Å²) in [5, 5.41) is 11.7. The summed E-state index contributed by atoms with van der Waals surface area (Å²) < 4.78 is 0.744. The molecule has 0 saturated heterocycles. The van der Waals surface area contributed by atoms with Gasteiger partial charge in [-0.15, -0.1) is 11.3 Å². The van der Waals surface area contributed by atoms with Crippen molar-refractivity contribution in [3.05, 3.63) is 51.2 Å². The van der Waals surface area contributed by atoms with Gasteiger partial charge in [-0.05, 0) is 44.3 Å². The summed E-state index contributed by atoms with van der Waals surface area (Å²) in [6.45, 7) is 2.50. The summed E-state index contributed by atoms with van der Waals surface area (Å²) in [7, 11) is 1.89. The van der Waals surface area contributed by atoms with Gasteiger partial charge in [0, 0.05) is 17.1 Å². The monoisotopic (exact) mass is 333 g/mol. The number of nitrogens with zero attached hydrogens (tertiary/aromatic N) is 2. The van der Waals surface area contributed by atoms with Gasteiger partial charge in [0.1, 0.15) is 0 Å². The van der Waals surface area contributed by atoms with Gasteiger partial charge in [-0.3, -0.25) is 9.69 Å². The summed E-state index contributed by atoms with van der Waals surface area (Å²) in [4.78, 5) is 15.4. The molecule has 0 aliphatic rings. The Hall–Kier alpha value is -1.87. The topological polar surface area (TPSA) is 56.1 Å². The fourth-order valence-corrected chi connectivity index (χ4v) is 3.08. The van der Waals surface area contributed by atoms with Gasteiger partial charge in [0.25, 0.3) is 0 Å². The number of benzene rings is 1. The lowest BCUT2D eigenvalue weighted by Gasteiger charge is -2.23. The van der Waals surface area contributed by atoms with Crippen molar-refractivity contribution < 1.29 is 4.79 Å². The molecule has 1 atom stereocenters. The first kappa shape index (κ1) is 16.5. The maximum absolute atomic E-state index is 12.3. The molecule has 0 aliphatic heterocycles. The van der Waals surface area contributed by atoms with Gasteiger partial charge in [-0.1, -0.05) is 17.7 Å². The largest absolute Gasteiger partial charge is 0.325 e. The van der Waals surface area contributed by atoms with Crippen molar-refractivity contribution >= 4 is 34.5 Å². The predicted molar refractivity (Wildman–Crippen MR) is 90.0 cm³/mol. The minimum absolute atomic E-state index is 0.111. The van der Waals surface area contributed by atoms with Crippen LogP contribution >= 0.6 is 22.9 Å². The first-order chi connectivity index (χ1) is 10.5. The number of carbonyl (C=O) groups excluding carboxylic acids is 1. The number of hydrogen-bond donors (Lipinski definition) is 1. The normalized spacial score (nSPS) is 12.0. The third kappa shape index (κ3) is 4.31. The molecular formula is C16H16ClN3OS. The number of thiophene rings is 1. The highest BCUT2D eigenvalue weighted by atomic mass is 35.5. The van der Waals surface area contributed by atoms with Crippen LogP contribution in [0.5, 0.6) is 0 Å². The van der Waals surface area contributed by atoms with E-state index in [1.807, 2.05) is 31.0 Å². The lowest BCUT2D eigenvalue weighted by Crippen LogP contribution is -2.39. The standard InChI is InChI=1S/C16H16ClN3OS/c1-11(20(2)10-14-6-7-15(17)22-14)16(21)19-13-5-3-4-12(8-13)9-18/h3-8,11H,10H2,1-2H3,(H,19,21)/t11-/m1/s1. The Balaban J connectivity index is 1.97. The van der Waals surface area contributed by atoms with E-state index in [1.54, 1.807) is 24.3 Å². The first-order valence-electron chi connectivity index (χ1n) is 6.75. The summed E-state index contributed by atoms with van der Waals surface area (Å²) in [5.74, 6) is -0.111. The average Bonchev–Trinajstić information content (AvgIpc) is 2.91. The molecule has 2 aromatic rings. The van der Waals surface area contributed by atoms with Gasteiger partial charge in [0.05, 0.1) is 22.0 Å². The van der Waals surface area contributed by atoms with E-state index in [0.29, 0.717) is 17.8 Å². The third-order valence-electron chi connectivity index (χ3n) is 3.33. The van der Waals surface area contributed by atoms with Gasteiger partial charge >= 0.3 is 0 Å². The number of rotatable bonds is 5. The fourth-order valence-electron chi connectivity index (χ4n) is 1.93. The van der Waals surface area contributed by atoms with Crippen LogP contribution in [0.2, 0.25) is 4.34 Å². The van der Waals surface area contributed by atoms with Gasteiger partial charge in [-0.25, -0.2) is 0 Å². The molecule has 0 unspecified atom stereocenters. The average molecular weight is 334 g/mol. The number of hydrogen-bond acceptors (Lipinski definition) is 4. The molecule has 4 nitrogen and oxygen atoms in total. The Morgan fingerprint density at radius 3 is 2.86 bits per heavy atom. The summed E-state index contributed by atoms with van der Waals surface area (Å²) in [6.07, 6.45) is 0. The minimum atomic E-state index is -0.299. The van der Waals surface area contributed by atoms with E-state index in [4.69, 9.17) is 16.9 Å². The van der Waals surface area contributed by atoms with E-state index in [-0.39, 0.29) is 11.9 Å². The summed E-state index contributed by atoms with van der Waals surface area (Å²) in [6, 6.07) is 12.4. The van der Waals surface area contributed by atoms with E-state index in [9.17, 15) is 4.79 Å². The quantitative estimate of drug-likeness (QED) is 0.907. The van der Waals surface area contributed by atoms with Gasteiger partial charge in [0.2, 0.25) is 5.91 Å². The van der Waals surface area contributed by atoms with Crippen LogP contribution in [0, 0.1) is 11.3 Å². The molecule has 114 valence electrons. The second-order valence-corrected chi connectivity index (χ2v) is 6.78. The SMILES string of the molecule is C[C@H](C(=O)Nc1cccc(C#N)c1)N(C)Cc1ccc(Cl)s1. The predicted octanol–water partition coefficient (Wildman–Crippen LogP) is 3.73. The number of likely N-dealkylation sites (N-methyl/N-ethyl adjacent to an activating group) is 1. The van der Waals surface area contributed by atoms with Crippen LogP contribution in [0.4, 0.5) is 5.69 Å². The lowest BCUT2D eigenvalue weighted by atomic mass is 10.2. The molecule has 0 bridgehead atoms. The molecule has 1 N–H and O–H groups in total. The van der Waals surface area contributed by atoms with Crippen LogP contribution in [-0.2, 0) is 11.3 Å². The summed E-state index contributed by atoms with van der Waals surface area (Å²) >= 11 is 7.43. The molecule has 0 saturated carbocycles. The number of nitrogens with one attached hydrogen (secondary N) is 1. The number of nitriles is 1. The molecule has 0 fully saturated rings. The van der Waals surface area contributed by atoms with Crippen LogP contribution < -0.4 is 5.32 Å². The van der Waals surface area contributed by atoms with Gasteiger partial charge in [0.15, 0.2) is 0 Å².